The van der Waals surface area contributed by atoms with Crippen LogP contribution in [-0.4, -0.2) is 25.0 Å². The summed E-state index contributed by atoms with van der Waals surface area (Å²) < 4.78 is 4.90. The molecule has 0 spiro atoms. The van der Waals surface area contributed by atoms with Gasteiger partial charge in [-0.2, -0.15) is 0 Å². The highest BCUT2D eigenvalue weighted by atomic mass is 16.5. The summed E-state index contributed by atoms with van der Waals surface area (Å²) in [6.45, 7) is 6.51. The lowest BCUT2D eigenvalue weighted by molar-refractivity contribution is -0.145. The number of ether oxygens (including phenoxy) is 1. The Bertz CT molecular complexity index is 580. The highest BCUT2D eigenvalue weighted by molar-refractivity contribution is 5.86. The zero-order valence-corrected chi connectivity index (χ0v) is 15.9. The van der Waals surface area contributed by atoms with E-state index in [4.69, 9.17) is 4.74 Å². The molecule has 1 aliphatic carbocycles. The molecule has 0 radical (unpaired) electrons. The van der Waals surface area contributed by atoms with Crippen molar-refractivity contribution in [2.45, 2.75) is 70.8 Å². The van der Waals surface area contributed by atoms with Crippen LogP contribution in [0.2, 0.25) is 0 Å². The van der Waals surface area contributed by atoms with Gasteiger partial charge in [0.2, 0.25) is 5.91 Å². The minimum Gasteiger partial charge on any atom is -0.467 e. The third-order valence-electron chi connectivity index (χ3n) is 5.04. The van der Waals surface area contributed by atoms with E-state index < -0.39 is 6.04 Å². The van der Waals surface area contributed by atoms with Gasteiger partial charge in [0.05, 0.1) is 7.11 Å². The third-order valence-corrected chi connectivity index (χ3v) is 5.04. The number of benzene rings is 1. The van der Waals surface area contributed by atoms with Crippen LogP contribution in [0, 0.1) is 5.92 Å². The van der Waals surface area contributed by atoms with Crippen LogP contribution >= 0.6 is 0 Å². The number of rotatable bonds is 5. The summed E-state index contributed by atoms with van der Waals surface area (Å²) in [5.74, 6) is -0.366. The second-order valence-electron chi connectivity index (χ2n) is 8.07. The molecule has 0 aliphatic heterocycles. The van der Waals surface area contributed by atoms with Gasteiger partial charge in [-0.15, -0.1) is 0 Å². The molecule has 4 heteroatoms. The molecule has 0 aromatic heterocycles. The van der Waals surface area contributed by atoms with Crippen LogP contribution in [0.1, 0.15) is 64.0 Å². The molecule has 0 bridgehead atoms. The maximum absolute atomic E-state index is 12.5. The Morgan fingerprint density at radius 3 is 2.24 bits per heavy atom. The second kappa shape index (κ2) is 8.50. The van der Waals surface area contributed by atoms with Gasteiger partial charge in [0.15, 0.2) is 0 Å². The zero-order valence-electron chi connectivity index (χ0n) is 15.9. The molecule has 1 amide bonds. The van der Waals surface area contributed by atoms with Crippen LogP contribution in [0.15, 0.2) is 24.3 Å². The van der Waals surface area contributed by atoms with E-state index in [2.05, 4.69) is 38.2 Å². The van der Waals surface area contributed by atoms with E-state index in [-0.39, 0.29) is 23.2 Å². The number of nitrogens with one attached hydrogen (secondary N) is 1. The zero-order chi connectivity index (χ0) is 18.4. The second-order valence-corrected chi connectivity index (χ2v) is 8.07. The number of carbonyl (C=O) groups excluding carboxylic acids is 2. The van der Waals surface area contributed by atoms with Gasteiger partial charge in [-0.05, 0) is 29.4 Å². The fraction of sp³-hybridized carbons (Fsp3) is 0.619. The van der Waals surface area contributed by atoms with Crippen molar-refractivity contribution in [3.8, 4) is 0 Å². The Morgan fingerprint density at radius 2 is 1.72 bits per heavy atom. The average molecular weight is 345 g/mol. The summed E-state index contributed by atoms with van der Waals surface area (Å²) >= 11 is 0. The van der Waals surface area contributed by atoms with Gasteiger partial charge in [0.25, 0.3) is 0 Å². The Kier molecular flexibility index (Phi) is 6.63. The average Bonchev–Trinajstić information content (AvgIpc) is 2.60. The first-order valence-electron chi connectivity index (χ1n) is 9.29. The molecule has 25 heavy (non-hydrogen) atoms. The Labute approximate surface area is 151 Å². The summed E-state index contributed by atoms with van der Waals surface area (Å²) in [5.41, 5.74) is 2.36. The van der Waals surface area contributed by atoms with Crippen molar-refractivity contribution in [1.82, 2.24) is 5.32 Å². The van der Waals surface area contributed by atoms with Gasteiger partial charge in [0, 0.05) is 12.3 Å². The van der Waals surface area contributed by atoms with Gasteiger partial charge in [-0.1, -0.05) is 64.3 Å². The lowest BCUT2D eigenvalue weighted by Crippen LogP contribution is -2.45. The van der Waals surface area contributed by atoms with Crippen LogP contribution in [0.4, 0.5) is 0 Å². The molecule has 1 aliphatic rings. The van der Waals surface area contributed by atoms with Crippen LogP contribution in [0.3, 0.4) is 0 Å². The Balaban J connectivity index is 2.04. The fourth-order valence-electron chi connectivity index (χ4n) is 3.37. The number of esters is 1. The van der Waals surface area contributed by atoms with Gasteiger partial charge in [-0.3, -0.25) is 4.79 Å². The molecule has 1 saturated carbocycles. The lowest BCUT2D eigenvalue weighted by atomic mass is 9.86. The smallest absolute Gasteiger partial charge is 0.328 e. The topological polar surface area (TPSA) is 55.4 Å². The molecular formula is C21H31NO3. The third kappa shape index (κ3) is 5.58. The molecule has 1 fully saturated rings. The number of methoxy groups -OCH3 is 1. The minimum absolute atomic E-state index is 0.0126. The van der Waals surface area contributed by atoms with Gasteiger partial charge < -0.3 is 10.1 Å². The van der Waals surface area contributed by atoms with Crippen LogP contribution < -0.4 is 5.32 Å². The van der Waals surface area contributed by atoms with E-state index in [1.54, 1.807) is 0 Å². The molecule has 2 rings (SSSR count). The molecule has 0 unspecified atom stereocenters. The lowest BCUT2D eigenvalue weighted by Gasteiger charge is -2.24. The van der Waals surface area contributed by atoms with E-state index in [0.717, 1.165) is 31.2 Å². The molecule has 1 aromatic carbocycles. The molecule has 4 nitrogen and oxygen atoms in total. The molecule has 1 N–H and O–H groups in total. The number of amides is 1. The predicted octanol–water partition coefficient (Wildman–Crippen LogP) is 3.76. The molecule has 1 aromatic rings. The van der Waals surface area contributed by atoms with E-state index in [0.29, 0.717) is 6.42 Å². The van der Waals surface area contributed by atoms with Crippen molar-refractivity contribution >= 4 is 11.9 Å². The quantitative estimate of drug-likeness (QED) is 0.827. The Morgan fingerprint density at radius 1 is 1.12 bits per heavy atom. The van der Waals surface area contributed by atoms with Crippen molar-refractivity contribution in [3.05, 3.63) is 35.4 Å². The molecule has 138 valence electrons. The van der Waals surface area contributed by atoms with Crippen molar-refractivity contribution in [1.29, 1.82) is 0 Å². The van der Waals surface area contributed by atoms with Crippen LogP contribution in [-0.2, 0) is 26.2 Å². The number of hydrogen-bond donors (Lipinski definition) is 1. The number of carbonyl (C=O) groups is 2. The monoisotopic (exact) mass is 345 g/mol. The summed E-state index contributed by atoms with van der Waals surface area (Å²) in [6.07, 6.45) is 5.67. The van der Waals surface area contributed by atoms with Crippen molar-refractivity contribution in [2.24, 2.45) is 5.92 Å². The molecular weight excluding hydrogens is 314 g/mol. The largest absolute Gasteiger partial charge is 0.467 e. The van der Waals surface area contributed by atoms with Gasteiger partial charge >= 0.3 is 5.97 Å². The summed E-state index contributed by atoms with van der Waals surface area (Å²) in [4.78, 5) is 24.6. The molecule has 0 saturated heterocycles. The maximum atomic E-state index is 12.5. The highest BCUT2D eigenvalue weighted by Crippen LogP contribution is 2.24. The number of hydrogen-bond acceptors (Lipinski definition) is 3. The highest BCUT2D eigenvalue weighted by Gasteiger charge is 2.27. The van der Waals surface area contributed by atoms with E-state index >= 15 is 0 Å². The van der Waals surface area contributed by atoms with Gasteiger partial charge in [0.1, 0.15) is 6.04 Å². The summed E-state index contributed by atoms with van der Waals surface area (Å²) in [7, 11) is 1.37. The van der Waals surface area contributed by atoms with E-state index in [1.807, 2.05) is 12.1 Å². The first kappa shape index (κ1) is 19.5. The fourth-order valence-corrected chi connectivity index (χ4v) is 3.37. The SMILES string of the molecule is COC(=O)[C@H](Cc1ccc(C(C)(C)C)cc1)NC(=O)C1CCCCC1. The summed E-state index contributed by atoms with van der Waals surface area (Å²) in [5, 5.41) is 2.92. The van der Waals surface area contributed by atoms with Crippen molar-refractivity contribution < 1.29 is 14.3 Å². The minimum atomic E-state index is -0.625. The summed E-state index contributed by atoms with van der Waals surface area (Å²) in [6, 6.07) is 7.62. The maximum Gasteiger partial charge on any atom is 0.328 e. The normalized spacial score (nSPS) is 17.0. The van der Waals surface area contributed by atoms with Gasteiger partial charge in [-0.25, -0.2) is 4.79 Å². The van der Waals surface area contributed by atoms with Crippen molar-refractivity contribution in [2.75, 3.05) is 7.11 Å². The first-order valence-corrected chi connectivity index (χ1v) is 9.29. The first-order chi connectivity index (χ1) is 11.8. The van der Waals surface area contributed by atoms with Crippen LogP contribution in [0.5, 0.6) is 0 Å². The van der Waals surface area contributed by atoms with Crippen LogP contribution in [0.25, 0.3) is 0 Å². The predicted molar refractivity (Wildman–Crippen MR) is 99.4 cm³/mol. The molecule has 1 atom stereocenters. The Hall–Kier alpha value is -1.84. The standard InChI is InChI=1S/C21H31NO3/c1-21(2,3)17-12-10-15(11-13-17)14-18(20(24)25-4)22-19(23)16-8-6-5-7-9-16/h10-13,16,18H,5-9,14H2,1-4H3,(H,22,23)/t18-/m0/s1. The van der Waals surface area contributed by atoms with Crippen molar-refractivity contribution in [3.63, 3.8) is 0 Å². The molecule has 0 heterocycles. The van der Waals surface area contributed by atoms with E-state index in [1.165, 1.54) is 19.1 Å². The van der Waals surface area contributed by atoms with E-state index in [9.17, 15) is 9.59 Å².